The molecule has 0 aliphatic heterocycles. The molecule has 0 fully saturated rings. The number of benzene rings is 1. The van der Waals surface area contributed by atoms with E-state index in [1.54, 1.807) is 36.7 Å². The third-order valence-electron chi connectivity index (χ3n) is 3.06. The number of carbonyl (C=O) groups excluding carboxylic acids is 1. The Balaban J connectivity index is 1.97. The van der Waals surface area contributed by atoms with Gasteiger partial charge in [0, 0.05) is 25.0 Å². The van der Waals surface area contributed by atoms with Crippen LogP contribution in [0.15, 0.2) is 59.8 Å². The average molecular weight is 331 g/mol. The van der Waals surface area contributed by atoms with Crippen molar-refractivity contribution in [2.24, 2.45) is 0 Å². The molecular weight excluding hydrogens is 314 g/mol. The van der Waals surface area contributed by atoms with E-state index in [4.69, 9.17) is 0 Å². The lowest BCUT2D eigenvalue weighted by Gasteiger charge is -2.06. The quantitative estimate of drug-likeness (QED) is 0.782. The zero-order valence-electron chi connectivity index (χ0n) is 12.6. The minimum Gasteiger partial charge on any atom is -0.348 e. The summed E-state index contributed by atoms with van der Waals surface area (Å²) in [6.45, 7) is 0.239. The van der Waals surface area contributed by atoms with Crippen LogP contribution in [0.3, 0.4) is 0 Å². The van der Waals surface area contributed by atoms with Gasteiger partial charge in [0.05, 0.1) is 4.90 Å². The van der Waals surface area contributed by atoms with Crippen molar-refractivity contribution in [3.63, 3.8) is 0 Å². The van der Waals surface area contributed by atoms with Gasteiger partial charge in [0.1, 0.15) is 0 Å². The number of carbonyl (C=O) groups is 1. The number of rotatable bonds is 6. The average Bonchev–Trinajstić information content (AvgIpc) is 2.59. The van der Waals surface area contributed by atoms with E-state index in [9.17, 15) is 13.2 Å². The van der Waals surface area contributed by atoms with Crippen LogP contribution in [-0.4, -0.2) is 26.4 Å². The Morgan fingerprint density at radius 1 is 1.26 bits per heavy atom. The molecule has 0 saturated carbocycles. The Hall–Kier alpha value is -2.51. The second kappa shape index (κ2) is 7.66. The third kappa shape index (κ3) is 5.01. The maximum Gasteiger partial charge on any atom is 0.244 e. The monoisotopic (exact) mass is 331 g/mol. The number of sulfonamides is 1. The molecule has 0 radical (unpaired) electrons. The van der Waals surface area contributed by atoms with Gasteiger partial charge < -0.3 is 5.32 Å². The lowest BCUT2D eigenvalue weighted by Crippen LogP contribution is -2.21. The molecule has 0 bridgehead atoms. The maximum atomic E-state index is 11.8. The molecule has 1 amide bonds. The highest BCUT2D eigenvalue weighted by atomic mass is 32.2. The topological polar surface area (TPSA) is 88.2 Å². The standard InChI is InChI=1S/C16H17N3O3S/c1-17-23(21,22)15-6-2-4-14(10-15)12-19-16(20)8-7-13-5-3-9-18-11-13/h2-11,17H,12H2,1H3,(H,19,20)/b8-7+. The number of nitrogens with one attached hydrogen (secondary N) is 2. The molecule has 1 aromatic carbocycles. The summed E-state index contributed by atoms with van der Waals surface area (Å²) in [5, 5.41) is 2.70. The molecule has 7 heteroatoms. The molecular formula is C16H17N3O3S. The Labute approximate surface area is 135 Å². The molecule has 2 aromatic rings. The maximum absolute atomic E-state index is 11.8. The van der Waals surface area contributed by atoms with Crippen molar-refractivity contribution in [3.8, 4) is 0 Å². The van der Waals surface area contributed by atoms with Gasteiger partial charge in [-0.15, -0.1) is 0 Å². The van der Waals surface area contributed by atoms with Gasteiger partial charge in [0.15, 0.2) is 0 Å². The lowest BCUT2D eigenvalue weighted by atomic mass is 10.2. The molecule has 0 aliphatic carbocycles. The summed E-state index contributed by atoms with van der Waals surface area (Å²) in [6.07, 6.45) is 6.37. The Bertz CT molecular complexity index is 802. The summed E-state index contributed by atoms with van der Waals surface area (Å²) in [6, 6.07) is 10.0. The largest absolute Gasteiger partial charge is 0.348 e. The smallest absolute Gasteiger partial charge is 0.244 e. The van der Waals surface area contributed by atoms with Crippen molar-refractivity contribution < 1.29 is 13.2 Å². The Kier molecular flexibility index (Phi) is 5.61. The van der Waals surface area contributed by atoms with Crippen LogP contribution >= 0.6 is 0 Å². The number of aromatic nitrogens is 1. The third-order valence-corrected chi connectivity index (χ3v) is 4.47. The van der Waals surface area contributed by atoms with E-state index in [2.05, 4.69) is 15.0 Å². The molecule has 23 heavy (non-hydrogen) atoms. The molecule has 120 valence electrons. The summed E-state index contributed by atoms with van der Waals surface area (Å²) < 4.78 is 25.7. The first-order chi connectivity index (χ1) is 11.0. The van der Waals surface area contributed by atoms with Crippen LogP contribution in [0.2, 0.25) is 0 Å². The van der Waals surface area contributed by atoms with Crippen molar-refractivity contribution in [1.29, 1.82) is 0 Å². The predicted octanol–water partition coefficient (Wildman–Crippen LogP) is 1.32. The van der Waals surface area contributed by atoms with Gasteiger partial charge in [-0.25, -0.2) is 13.1 Å². The van der Waals surface area contributed by atoms with E-state index in [1.165, 1.54) is 25.3 Å². The molecule has 0 aliphatic rings. The van der Waals surface area contributed by atoms with Gasteiger partial charge in [-0.1, -0.05) is 18.2 Å². The van der Waals surface area contributed by atoms with E-state index < -0.39 is 10.0 Å². The molecule has 1 aromatic heterocycles. The van der Waals surface area contributed by atoms with Crippen LogP contribution in [0.5, 0.6) is 0 Å². The van der Waals surface area contributed by atoms with Crippen LogP contribution in [0.1, 0.15) is 11.1 Å². The number of nitrogens with zero attached hydrogens (tertiary/aromatic N) is 1. The molecule has 1 heterocycles. The fourth-order valence-electron chi connectivity index (χ4n) is 1.84. The summed E-state index contributed by atoms with van der Waals surface area (Å²) in [5.74, 6) is -0.268. The van der Waals surface area contributed by atoms with Gasteiger partial charge >= 0.3 is 0 Å². The lowest BCUT2D eigenvalue weighted by molar-refractivity contribution is -0.116. The summed E-state index contributed by atoms with van der Waals surface area (Å²) >= 11 is 0. The van der Waals surface area contributed by atoms with Gasteiger partial charge in [-0.2, -0.15) is 0 Å². The molecule has 2 N–H and O–H groups in total. The predicted molar refractivity (Wildman–Crippen MR) is 87.8 cm³/mol. The molecule has 2 rings (SSSR count). The zero-order chi connectivity index (χ0) is 16.7. The zero-order valence-corrected chi connectivity index (χ0v) is 13.4. The minimum atomic E-state index is -3.49. The number of amides is 1. The Morgan fingerprint density at radius 3 is 2.78 bits per heavy atom. The fourth-order valence-corrected chi connectivity index (χ4v) is 2.63. The highest BCUT2D eigenvalue weighted by Crippen LogP contribution is 2.11. The van der Waals surface area contributed by atoms with Crippen molar-refractivity contribution >= 4 is 22.0 Å². The molecule has 6 nitrogen and oxygen atoms in total. The number of pyridine rings is 1. The molecule has 0 spiro atoms. The van der Waals surface area contributed by atoms with Crippen molar-refractivity contribution in [3.05, 3.63) is 66.0 Å². The van der Waals surface area contributed by atoms with E-state index in [1.807, 2.05) is 6.07 Å². The number of hydrogen-bond donors (Lipinski definition) is 2. The molecule has 0 unspecified atom stereocenters. The first kappa shape index (κ1) is 16.9. The van der Waals surface area contributed by atoms with E-state index in [0.717, 1.165) is 5.56 Å². The number of hydrogen-bond acceptors (Lipinski definition) is 4. The first-order valence-corrected chi connectivity index (χ1v) is 8.38. The van der Waals surface area contributed by atoms with Crippen molar-refractivity contribution in [1.82, 2.24) is 15.0 Å². The van der Waals surface area contributed by atoms with Crippen molar-refractivity contribution in [2.75, 3.05) is 7.05 Å². The van der Waals surface area contributed by atoms with E-state index >= 15 is 0 Å². The summed E-state index contributed by atoms with van der Waals surface area (Å²) in [5.41, 5.74) is 1.52. The van der Waals surface area contributed by atoms with Crippen LogP contribution < -0.4 is 10.0 Å². The fraction of sp³-hybridized carbons (Fsp3) is 0.125. The molecule has 0 atom stereocenters. The Morgan fingerprint density at radius 2 is 2.09 bits per heavy atom. The van der Waals surface area contributed by atoms with Gasteiger partial charge in [0.2, 0.25) is 15.9 Å². The van der Waals surface area contributed by atoms with Gasteiger partial charge in [-0.3, -0.25) is 9.78 Å². The van der Waals surface area contributed by atoms with Gasteiger partial charge in [-0.05, 0) is 42.4 Å². The second-order valence-corrected chi connectivity index (χ2v) is 6.58. The summed E-state index contributed by atoms with van der Waals surface area (Å²) in [4.78, 5) is 15.9. The van der Waals surface area contributed by atoms with Crippen LogP contribution in [-0.2, 0) is 21.4 Å². The SMILES string of the molecule is CNS(=O)(=O)c1cccc(CNC(=O)/C=C/c2cccnc2)c1. The van der Waals surface area contributed by atoms with Crippen LogP contribution in [0, 0.1) is 0 Å². The minimum absolute atomic E-state index is 0.164. The highest BCUT2D eigenvalue weighted by molar-refractivity contribution is 7.89. The van der Waals surface area contributed by atoms with Crippen LogP contribution in [0.4, 0.5) is 0 Å². The van der Waals surface area contributed by atoms with E-state index in [0.29, 0.717) is 5.56 Å². The van der Waals surface area contributed by atoms with Gasteiger partial charge in [0.25, 0.3) is 0 Å². The van der Waals surface area contributed by atoms with Crippen LogP contribution in [0.25, 0.3) is 6.08 Å². The van der Waals surface area contributed by atoms with Crippen molar-refractivity contribution in [2.45, 2.75) is 11.4 Å². The summed E-state index contributed by atoms with van der Waals surface area (Å²) in [7, 11) is -2.13. The molecule has 0 saturated heterocycles. The highest BCUT2D eigenvalue weighted by Gasteiger charge is 2.11. The normalized spacial score (nSPS) is 11.5. The second-order valence-electron chi connectivity index (χ2n) is 4.69. The first-order valence-electron chi connectivity index (χ1n) is 6.90. The van der Waals surface area contributed by atoms with E-state index in [-0.39, 0.29) is 17.3 Å².